The van der Waals surface area contributed by atoms with Crippen molar-refractivity contribution in [2.75, 3.05) is 26.2 Å². The maximum Gasteiger partial charge on any atom is 0.119 e. The van der Waals surface area contributed by atoms with Gasteiger partial charge in [0.25, 0.3) is 0 Å². The van der Waals surface area contributed by atoms with Crippen molar-refractivity contribution in [2.45, 2.75) is 39.2 Å². The Morgan fingerprint density at radius 1 is 1.25 bits per heavy atom. The molecule has 1 aromatic rings. The first-order chi connectivity index (χ1) is 9.81. The molecule has 0 bridgehead atoms. The summed E-state index contributed by atoms with van der Waals surface area (Å²) in [6, 6.07) is 8.08. The lowest BCUT2D eigenvalue weighted by Crippen LogP contribution is -2.33. The topological polar surface area (TPSA) is 38.5 Å². The molecule has 112 valence electrons. The minimum Gasteiger partial charge on any atom is -0.494 e. The molecule has 1 aromatic carbocycles. The monoisotopic (exact) mass is 276 g/mol. The number of ether oxygens (including phenoxy) is 1. The van der Waals surface area contributed by atoms with Gasteiger partial charge >= 0.3 is 0 Å². The minimum absolute atomic E-state index is 0.590. The van der Waals surface area contributed by atoms with E-state index in [1.54, 1.807) is 0 Å². The van der Waals surface area contributed by atoms with Crippen LogP contribution in [0.5, 0.6) is 5.75 Å². The number of nitrogens with two attached hydrogens (primary N) is 1. The zero-order valence-electron chi connectivity index (χ0n) is 12.7. The van der Waals surface area contributed by atoms with Crippen LogP contribution in [0.15, 0.2) is 24.3 Å². The number of nitrogens with zero attached hydrogens (tertiary/aromatic N) is 1. The lowest BCUT2D eigenvalue weighted by atomic mass is 9.85. The molecule has 3 nitrogen and oxygen atoms in total. The third kappa shape index (κ3) is 4.80. The quantitative estimate of drug-likeness (QED) is 0.705. The van der Waals surface area contributed by atoms with E-state index in [1.807, 2.05) is 24.3 Å². The first-order valence-electron chi connectivity index (χ1n) is 7.96. The van der Waals surface area contributed by atoms with Gasteiger partial charge in [-0.2, -0.15) is 0 Å². The molecule has 0 amide bonds. The van der Waals surface area contributed by atoms with Gasteiger partial charge in [0.1, 0.15) is 5.75 Å². The summed E-state index contributed by atoms with van der Waals surface area (Å²) in [6.45, 7) is 7.22. The zero-order chi connectivity index (χ0) is 14.2. The molecule has 0 unspecified atom stereocenters. The van der Waals surface area contributed by atoms with Gasteiger partial charge in [-0.15, -0.1) is 0 Å². The van der Waals surface area contributed by atoms with E-state index in [0.717, 1.165) is 43.3 Å². The Labute approximate surface area is 123 Å². The maximum absolute atomic E-state index is 5.78. The smallest absolute Gasteiger partial charge is 0.119 e. The predicted molar refractivity (Wildman–Crippen MR) is 83.9 cm³/mol. The average molecular weight is 276 g/mol. The Hall–Kier alpha value is -1.06. The maximum atomic E-state index is 5.78. The summed E-state index contributed by atoms with van der Waals surface area (Å²) in [4.78, 5) is 2.56. The van der Waals surface area contributed by atoms with Crippen LogP contribution in [0.25, 0.3) is 0 Å². The summed E-state index contributed by atoms with van der Waals surface area (Å²) < 4.78 is 5.78. The molecule has 2 N–H and O–H groups in total. The minimum atomic E-state index is 0.590. The number of rotatable bonds is 9. The van der Waals surface area contributed by atoms with Crippen molar-refractivity contribution < 1.29 is 4.74 Å². The Morgan fingerprint density at radius 3 is 2.55 bits per heavy atom. The van der Waals surface area contributed by atoms with Crippen LogP contribution < -0.4 is 10.5 Å². The molecule has 20 heavy (non-hydrogen) atoms. The molecule has 1 aliphatic rings. The van der Waals surface area contributed by atoms with Crippen molar-refractivity contribution in [1.29, 1.82) is 0 Å². The standard InChI is InChI=1S/C17H28N2O/c1-2-19(14-16-5-3-6-16)11-4-12-20-17-9-7-15(13-18)8-10-17/h7-10,16H,2-6,11-14,18H2,1H3. The Kier molecular flexibility index (Phi) is 6.34. The second-order valence-corrected chi connectivity index (χ2v) is 5.74. The Balaban J connectivity index is 1.61. The molecule has 0 saturated heterocycles. The van der Waals surface area contributed by atoms with Gasteiger partial charge in [-0.25, -0.2) is 0 Å². The van der Waals surface area contributed by atoms with Gasteiger partial charge in [0.15, 0.2) is 0 Å². The third-order valence-corrected chi connectivity index (χ3v) is 4.23. The molecule has 0 aliphatic heterocycles. The summed E-state index contributed by atoms with van der Waals surface area (Å²) >= 11 is 0. The molecular weight excluding hydrogens is 248 g/mol. The van der Waals surface area contributed by atoms with Crippen molar-refractivity contribution >= 4 is 0 Å². The SMILES string of the molecule is CCN(CCCOc1ccc(CN)cc1)CC1CCC1. The molecular formula is C17H28N2O. The van der Waals surface area contributed by atoms with Crippen LogP contribution in [0.4, 0.5) is 0 Å². The Bertz CT molecular complexity index is 373. The highest BCUT2D eigenvalue weighted by atomic mass is 16.5. The highest BCUT2D eigenvalue weighted by Crippen LogP contribution is 2.27. The second-order valence-electron chi connectivity index (χ2n) is 5.74. The lowest BCUT2D eigenvalue weighted by Gasteiger charge is -2.31. The van der Waals surface area contributed by atoms with E-state index in [1.165, 1.54) is 25.8 Å². The highest BCUT2D eigenvalue weighted by molar-refractivity contribution is 5.26. The molecule has 0 aromatic heterocycles. The van der Waals surface area contributed by atoms with Crippen LogP contribution >= 0.6 is 0 Å². The van der Waals surface area contributed by atoms with Crippen LogP contribution in [0.1, 0.15) is 38.2 Å². The van der Waals surface area contributed by atoms with Crippen molar-refractivity contribution in [3.63, 3.8) is 0 Å². The molecule has 0 atom stereocenters. The fourth-order valence-electron chi connectivity index (χ4n) is 2.62. The Morgan fingerprint density at radius 2 is 2.00 bits per heavy atom. The fraction of sp³-hybridized carbons (Fsp3) is 0.647. The van der Waals surface area contributed by atoms with E-state index in [-0.39, 0.29) is 0 Å². The highest BCUT2D eigenvalue weighted by Gasteiger charge is 2.19. The number of hydrogen-bond donors (Lipinski definition) is 1. The molecule has 3 heteroatoms. The van der Waals surface area contributed by atoms with Gasteiger partial charge in [0, 0.05) is 19.6 Å². The van der Waals surface area contributed by atoms with E-state index < -0.39 is 0 Å². The largest absolute Gasteiger partial charge is 0.494 e. The van der Waals surface area contributed by atoms with Crippen LogP contribution in [0.3, 0.4) is 0 Å². The van der Waals surface area contributed by atoms with Crippen molar-refractivity contribution in [3.8, 4) is 5.75 Å². The molecule has 0 radical (unpaired) electrons. The van der Waals surface area contributed by atoms with Crippen molar-refractivity contribution in [3.05, 3.63) is 29.8 Å². The van der Waals surface area contributed by atoms with Crippen LogP contribution in [-0.2, 0) is 6.54 Å². The van der Waals surface area contributed by atoms with Gasteiger partial charge in [-0.3, -0.25) is 0 Å². The zero-order valence-corrected chi connectivity index (χ0v) is 12.7. The van der Waals surface area contributed by atoms with Gasteiger partial charge in [0.2, 0.25) is 0 Å². The van der Waals surface area contributed by atoms with Gasteiger partial charge in [0.05, 0.1) is 6.61 Å². The molecule has 1 aliphatic carbocycles. The second kappa shape index (κ2) is 8.28. The van der Waals surface area contributed by atoms with E-state index in [9.17, 15) is 0 Å². The fourth-order valence-corrected chi connectivity index (χ4v) is 2.62. The first kappa shape index (κ1) is 15.3. The summed E-state index contributed by atoms with van der Waals surface area (Å²) in [6.07, 6.45) is 5.39. The molecule has 0 spiro atoms. The van der Waals surface area contributed by atoms with E-state index in [0.29, 0.717) is 6.54 Å². The normalized spacial score (nSPS) is 15.3. The molecule has 1 saturated carbocycles. The first-order valence-corrected chi connectivity index (χ1v) is 7.96. The summed E-state index contributed by atoms with van der Waals surface area (Å²) in [5.41, 5.74) is 6.73. The van der Waals surface area contributed by atoms with Gasteiger partial charge < -0.3 is 15.4 Å². The summed E-state index contributed by atoms with van der Waals surface area (Å²) in [5.74, 6) is 1.91. The van der Waals surface area contributed by atoms with Crippen molar-refractivity contribution in [1.82, 2.24) is 4.90 Å². The average Bonchev–Trinajstić information content (AvgIpc) is 2.45. The van der Waals surface area contributed by atoms with E-state index in [2.05, 4.69) is 11.8 Å². The third-order valence-electron chi connectivity index (χ3n) is 4.23. The number of benzene rings is 1. The van der Waals surface area contributed by atoms with Crippen LogP contribution in [0, 0.1) is 5.92 Å². The number of hydrogen-bond acceptors (Lipinski definition) is 3. The lowest BCUT2D eigenvalue weighted by molar-refractivity contribution is 0.172. The van der Waals surface area contributed by atoms with Crippen LogP contribution in [0.2, 0.25) is 0 Å². The molecule has 1 fully saturated rings. The predicted octanol–water partition coefficient (Wildman–Crippen LogP) is 3.04. The van der Waals surface area contributed by atoms with Gasteiger partial charge in [-0.05, 0) is 49.4 Å². The summed E-state index contributed by atoms with van der Waals surface area (Å²) in [7, 11) is 0. The molecule has 2 rings (SSSR count). The van der Waals surface area contributed by atoms with Gasteiger partial charge in [-0.1, -0.05) is 25.5 Å². The van der Waals surface area contributed by atoms with E-state index >= 15 is 0 Å². The van der Waals surface area contributed by atoms with E-state index in [4.69, 9.17) is 10.5 Å². The summed E-state index contributed by atoms with van der Waals surface area (Å²) in [5, 5.41) is 0. The molecule has 0 heterocycles. The van der Waals surface area contributed by atoms with Crippen molar-refractivity contribution in [2.24, 2.45) is 11.7 Å². The van der Waals surface area contributed by atoms with Crippen LogP contribution in [-0.4, -0.2) is 31.1 Å².